The number of carbonyl (C=O) groups excluding carboxylic acids is 1. The summed E-state index contributed by atoms with van der Waals surface area (Å²) in [6, 6.07) is 4.75. The Morgan fingerprint density at radius 1 is 1.19 bits per heavy atom. The topological polar surface area (TPSA) is 95.9 Å². The molecule has 2 aromatic rings. The van der Waals surface area contributed by atoms with E-state index in [0.29, 0.717) is 22.8 Å². The molecular formula is C18H24N2O6S. The Bertz CT molecular complexity index is 963. The number of hydrogen-bond donors (Lipinski definition) is 1. The number of aromatic nitrogens is 1. The first-order valence-electron chi connectivity index (χ1n) is 8.25. The summed E-state index contributed by atoms with van der Waals surface area (Å²) in [5.74, 6) is 0.283. The summed E-state index contributed by atoms with van der Waals surface area (Å²) in [7, 11) is 0.591. The van der Waals surface area contributed by atoms with Gasteiger partial charge in [0.25, 0.3) is 10.0 Å². The fourth-order valence-corrected chi connectivity index (χ4v) is 4.50. The molecule has 27 heavy (non-hydrogen) atoms. The predicted octanol–water partition coefficient (Wildman–Crippen LogP) is 2.64. The van der Waals surface area contributed by atoms with Crippen LogP contribution in [0.2, 0.25) is 0 Å². The molecule has 0 fully saturated rings. The minimum absolute atomic E-state index is 0.0333. The van der Waals surface area contributed by atoms with E-state index in [4.69, 9.17) is 14.2 Å². The van der Waals surface area contributed by atoms with Gasteiger partial charge in [0.15, 0.2) is 0 Å². The van der Waals surface area contributed by atoms with Crippen molar-refractivity contribution in [2.24, 2.45) is 7.05 Å². The number of methoxy groups -OCH3 is 2. The fraction of sp³-hybridized carbons (Fsp3) is 0.389. The molecule has 1 aromatic heterocycles. The Morgan fingerprint density at radius 2 is 1.85 bits per heavy atom. The number of benzene rings is 1. The minimum atomic E-state index is -3.98. The number of nitrogens with one attached hydrogen (secondary N) is 1. The molecule has 2 rings (SSSR count). The van der Waals surface area contributed by atoms with Crippen molar-refractivity contribution in [3.63, 3.8) is 0 Å². The molecule has 0 aliphatic heterocycles. The van der Waals surface area contributed by atoms with Crippen LogP contribution in [0.1, 0.15) is 28.7 Å². The molecule has 0 unspecified atom stereocenters. The molecule has 9 heteroatoms. The van der Waals surface area contributed by atoms with Gasteiger partial charge >= 0.3 is 5.97 Å². The van der Waals surface area contributed by atoms with Crippen LogP contribution >= 0.6 is 0 Å². The van der Waals surface area contributed by atoms with Gasteiger partial charge in [0.05, 0.1) is 26.5 Å². The summed E-state index contributed by atoms with van der Waals surface area (Å²) < 4.78 is 45.5. The third-order valence-corrected chi connectivity index (χ3v) is 5.88. The Kier molecular flexibility index (Phi) is 6.04. The molecule has 0 aliphatic carbocycles. The Hall–Kier alpha value is -2.68. The van der Waals surface area contributed by atoms with Crippen molar-refractivity contribution in [3.05, 3.63) is 35.2 Å². The lowest BCUT2D eigenvalue weighted by Crippen LogP contribution is -2.15. The Labute approximate surface area is 159 Å². The van der Waals surface area contributed by atoms with Crippen LogP contribution in [0.4, 0.5) is 5.69 Å². The van der Waals surface area contributed by atoms with Crippen molar-refractivity contribution < 1.29 is 27.4 Å². The van der Waals surface area contributed by atoms with Gasteiger partial charge in [-0.15, -0.1) is 0 Å². The second-order valence-corrected chi connectivity index (χ2v) is 7.46. The van der Waals surface area contributed by atoms with Gasteiger partial charge < -0.3 is 18.8 Å². The number of carbonyl (C=O) groups is 1. The zero-order valence-corrected chi connectivity index (χ0v) is 17.1. The van der Waals surface area contributed by atoms with E-state index in [9.17, 15) is 13.2 Å². The number of sulfonamides is 1. The van der Waals surface area contributed by atoms with E-state index in [0.717, 1.165) is 0 Å². The summed E-state index contributed by atoms with van der Waals surface area (Å²) in [4.78, 5) is 12.2. The van der Waals surface area contributed by atoms with E-state index >= 15 is 0 Å². The van der Waals surface area contributed by atoms with E-state index < -0.39 is 16.0 Å². The van der Waals surface area contributed by atoms with Gasteiger partial charge in [0, 0.05) is 24.4 Å². The molecule has 1 heterocycles. The highest BCUT2D eigenvalue weighted by atomic mass is 32.2. The number of hydrogen-bond acceptors (Lipinski definition) is 6. The third kappa shape index (κ3) is 3.87. The van der Waals surface area contributed by atoms with E-state index in [2.05, 4.69) is 4.72 Å². The maximum atomic E-state index is 13.0. The number of ether oxygens (including phenoxy) is 3. The van der Waals surface area contributed by atoms with Gasteiger partial charge in [0.1, 0.15) is 22.1 Å². The van der Waals surface area contributed by atoms with Gasteiger partial charge in [-0.3, -0.25) is 4.72 Å². The van der Waals surface area contributed by atoms with Crippen LogP contribution in [-0.2, 0) is 21.8 Å². The Balaban J connectivity index is 2.52. The zero-order valence-electron chi connectivity index (χ0n) is 16.2. The Morgan fingerprint density at radius 3 is 2.41 bits per heavy atom. The van der Waals surface area contributed by atoms with Crippen LogP contribution in [-0.4, -0.2) is 39.8 Å². The summed E-state index contributed by atoms with van der Waals surface area (Å²) >= 11 is 0. The van der Waals surface area contributed by atoms with Crippen molar-refractivity contribution in [1.82, 2.24) is 4.57 Å². The van der Waals surface area contributed by atoms with Crippen molar-refractivity contribution >= 4 is 21.7 Å². The van der Waals surface area contributed by atoms with Crippen LogP contribution in [0.5, 0.6) is 11.5 Å². The summed E-state index contributed by atoms with van der Waals surface area (Å²) in [6.45, 7) is 5.11. The molecule has 0 bridgehead atoms. The lowest BCUT2D eigenvalue weighted by Gasteiger charge is -2.13. The number of nitrogens with zero attached hydrogens (tertiary/aromatic N) is 1. The maximum Gasteiger partial charge on any atom is 0.355 e. The minimum Gasteiger partial charge on any atom is -0.497 e. The van der Waals surface area contributed by atoms with Crippen LogP contribution in [0, 0.1) is 13.8 Å². The number of rotatable bonds is 7. The van der Waals surface area contributed by atoms with E-state index in [1.54, 1.807) is 46.0 Å². The summed E-state index contributed by atoms with van der Waals surface area (Å²) in [5, 5.41) is 0. The van der Waals surface area contributed by atoms with Crippen molar-refractivity contribution in [3.8, 4) is 11.5 Å². The molecule has 0 radical (unpaired) electrons. The standard InChI is InChI=1S/C18H24N2O6S/c1-7-26-18(21)16-11(2)17(12(3)20(16)4)27(22,23)19-14-9-8-13(24-5)10-15(14)25-6/h8-10,19H,7H2,1-6H3. The summed E-state index contributed by atoms with van der Waals surface area (Å²) in [5.41, 5.74) is 1.22. The summed E-state index contributed by atoms with van der Waals surface area (Å²) in [6.07, 6.45) is 0. The molecule has 148 valence electrons. The van der Waals surface area contributed by atoms with Crippen LogP contribution in [0.25, 0.3) is 0 Å². The SMILES string of the molecule is CCOC(=O)c1c(C)c(S(=O)(=O)Nc2ccc(OC)cc2OC)c(C)n1C. The quantitative estimate of drug-likeness (QED) is 0.723. The first-order chi connectivity index (χ1) is 12.7. The van der Waals surface area contributed by atoms with Crippen LogP contribution in [0.15, 0.2) is 23.1 Å². The highest BCUT2D eigenvalue weighted by Crippen LogP contribution is 2.33. The first kappa shape index (κ1) is 20.6. The molecule has 1 aromatic carbocycles. The molecule has 1 N–H and O–H groups in total. The fourth-order valence-electron chi connectivity index (χ4n) is 2.91. The molecule has 0 saturated carbocycles. The van der Waals surface area contributed by atoms with Gasteiger partial charge in [-0.2, -0.15) is 0 Å². The second kappa shape index (κ2) is 7.91. The van der Waals surface area contributed by atoms with Gasteiger partial charge in [-0.25, -0.2) is 13.2 Å². The maximum absolute atomic E-state index is 13.0. The van der Waals surface area contributed by atoms with E-state index in [-0.39, 0.29) is 22.9 Å². The van der Waals surface area contributed by atoms with Crippen LogP contribution < -0.4 is 14.2 Å². The monoisotopic (exact) mass is 396 g/mol. The van der Waals surface area contributed by atoms with Crippen molar-refractivity contribution in [2.45, 2.75) is 25.7 Å². The normalized spacial score (nSPS) is 11.2. The third-order valence-electron chi connectivity index (χ3n) is 4.25. The molecule has 0 saturated heterocycles. The van der Waals surface area contributed by atoms with Crippen LogP contribution in [0.3, 0.4) is 0 Å². The highest BCUT2D eigenvalue weighted by molar-refractivity contribution is 7.92. The second-order valence-electron chi connectivity index (χ2n) is 5.84. The van der Waals surface area contributed by atoms with Crippen molar-refractivity contribution in [2.75, 3.05) is 25.5 Å². The van der Waals surface area contributed by atoms with Crippen molar-refractivity contribution in [1.29, 1.82) is 0 Å². The van der Waals surface area contributed by atoms with E-state index in [1.165, 1.54) is 18.8 Å². The van der Waals surface area contributed by atoms with Gasteiger partial charge in [0.2, 0.25) is 0 Å². The average molecular weight is 396 g/mol. The molecule has 0 spiro atoms. The first-order valence-corrected chi connectivity index (χ1v) is 9.74. The largest absolute Gasteiger partial charge is 0.497 e. The lowest BCUT2D eigenvalue weighted by atomic mass is 10.2. The number of esters is 1. The predicted molar refractivity (Wildman–Crippen MR) is 101 cm³/mol. The molecule has 0 atom stereocenters. The lowest BCUT2D eigenvalue weighted by molar-refractivity contribution is 0.0514. The average Bonchev–Trinajstić information content (AvgIpc) is 2.84. The number of anilines is 1. The van der Waals surface area contributed by atoms with E-state index in [1.807, 2.05) is 0 Å². The molecule has 0 amide bonds. The molecular weight excluding hydrogens is 372 g/mol. The molecule has 0 aliphatic rings. The van der Waals surface area contributed by atoms with Gasteiger partial charge in [-0.1, -0.05) is 0 Å². The zero-order chi connectivity index (χ0) is 20.4. The highest BCUT2D eigenvalue weighted by Gasteiger charge is 2.30. The van der Waals surface area contributed by atoms with Gasteiger partial charge in [-0.05, 0) is 32.9 Å². The molecule has 8 nitrogen and oxygen atoms in total. The smallest absolute Gasteiger partial charge is 0.355 e.